The minimum absolute atomic E-state index is 0.192. The maximum absolute atomic E-state index is 13.1. The second kappa shape index (κ2) is 7.47. The molecular formula is C20H14F3N5O2. The molecule has 2 heterocycles. The number of rotatable bonds is 4. The van der Waals surface area contributed by atoms with E-state index < -0.39 is 17.8 Å². The summed E-state index contributed by atoms with van der Waals surface area (Å²) in [6.45, 7) is 1.87. The predicted octanol–water partition coefficient (Wildman–Crippen LogP) is 4.17. The summed E-state index contributed by atoms with van der Waals surface area (Å²) in [4.78, 5) is 22.4. The first-order chi connectivity index (χ1) is 14.3. The highest BCUT2D eigenvalue weighted by atomic mass is 19.4. The number of hydrogen-bond donors (Lipinski definition) is 1. The number of carbonyl (C=O) groups excluding carboxylic acids is 1. The van der Waals surface area contributed by atoms with E-state index in [9.17, 15) is 18.0 Å². The van der Waals surface area contributed by atoms with Gasteiger partial charge in [0.1, 0.15) is 28.1 Å². The zero-order chi connectivity index (χ0) is 21.3. The number of halogens is 3. The number of alkyl halides is 3. The molecule has 0 unspecified atom stereocenters. The van der Waals surface area contributed by atoms with Crippen molar-refractivity contribution in [2.75, 3.05) is 5.32 Å². The second-order valence-electron chi connectivity index (χ2n) is 6.41. The summed E-state index contributed by atoms with van der Waals surface area (Å²) >= 11 is 0. The third kappa shape index (κ3) is 3.93. The average Bonchev–Trinajstić information content (AvgIpc) is 3.12. The summed E-state index contributed by atoms with van der Waals surface area (Å²) in [6, 6.07) is 15.4. The van der Waals surface area contributed by atoms with Crippen molar-refractivity contribution in [2.45, 2.75) is 13.1 Å². The van der Waals surface area contributed by atoms with Gasteiger partial charge in [-0.2, -0.15) is 13.2 Å². The van der Waals surface area contributed by atoms with Gasteiger partial charge in [-0.15, -0.1) is 5.10 Å². The molecule has 0 saturated heterocycles. The summed E-state index contributed by atoms with van der Waals surface area (Å²) in [5.74, 6) is -1.23. The van der Waals surface area contributed by atoms with Crippen LogP contribution < -0.4 is 10.2 Å². The zero-order valence-corrected chi connectivity index (χ0v) is 15.5. The number of nitrogens with zero attached hydrogens (tertiary/aromatic N) is 4. The number of anilines is 2. The Balaban J connectivity index is 1.70. The lowest BCUT2D eigenvalue weighted by Crippen LogP contribution is -2.23. The number of para-hydroxylation sites is 1. The molecule has 0 spiro atoms. The van der Waals surface area contributed by atoms with Gasteiger partial charge in [0.15, 0.2) is 0 Å². The number of fused-ring (bicyclic) bond motifs is 1. The molecule has 4 rings (SSSR count). The van der Waals surface area contributed by atoms with Crippen LogP contribution in [0.15, 0.2) is 60.7 Å². The summed E-state index contributed by atoms with van der Waals surface area (Å²) < 4.78 is 39.4. The van der Waals surface area contributed by atoms with Crippen LogP contribution in [-0.2, 0) is 6.18 Å². The number of nitrogens with one attached hydrogen (secondary N) is 1. The molecule has 0 atom stereocenters. The zero-order valence-electron chi connectivity index (χ0n) is 15.5. The Hall–Kier alpha value is -3.95. The largest absolute Gasteiger partial charge is 0.433 e. The van der Waals surface area contributed by atoms with Gasteiger partial charge in [0, 0.05) is 5.69 Å². The van der Waals surface area contributed by atoms with Crippen LogP contribution in [-0.4, -0.2) is 26.1 Å². The Kier molecular flexibility index (Phi) is 4.82. The topological polar surface area (TPSA) is 81.9 Å². The number of aromatic nitrogens is 4. The molecule has 152 valence electrons. The van der Waals surface area contributed by atoms with E-state index in [1.165, 1.54) is 0 Å². The van der Waals surface area contributed by atoms with Gasteiger partial charge >= 0.3 is 12.1 Å². The molecule has 0 radical (unpaired) electrons. The van der Waals surface area contributed by atoms with Crippen LogP contribution in [0.4, 0.5) is 24.7 Å². The molecule has 1 N–H and O–H groups in total. The van der Waals surface area contributed by atoms with Crippen LogP contribution in [0.25, 0.3) is 11.0 Å². The molecule has 10 heteroatoms. The van der Waals surface area contributed by atoms with Crippen molar-refractivity contribution in [3.63, 3.8) is 0 Å². The molecule has 0 fully saturated rings. The fraction of sp³-hybridized carbons (Fsp3) is 0.100. The molecule has 2 aromatic heterocycles. The van der Waals surface area contributed by atoms with Crippen molar-refractivity contribution in [3.05, 3.63) is 77.5 Å². The molecule has 2 aromatic carbocycles. The lowest BCUT2D eigenvalue weighted by atomic mass is 10.2. The fourth-order valence-electron chi connectivity index (χ4n) is 2.69. The minimum Gasteiger partial charge on any atom is -0.339 e. The Morgan fingerprint density at radius 1 is 1.03 bits per heavy atom. The first-order valence-corrected chi connectivity index (χ1v) is 8.76. The monoisotopic (exact) mass is 413 g/mol. The third-order valence-corrected chi connectivity index (χ3v) is 4.21. The minimum atomic E-state index is -4.67. The molecule has 4 aromatic rings. The van der Waals surface area contributed by atoms with Gasteiger partial charge in [0.05, 0.1) is 0 Å². The van der Waals surface area contributed by atoms with Gasteiger partial charge in [-0.1, -0.05) is 34.7 Å². The lowest BCUT2D eigenvalue weighted by molar-refractivity contribution is -0.141. The van der Waals surface area contributed by atoms with Crippen molar-refractivity contribution < 1.29 is 22.8 Å². The highest BCUT2D eigenvalue weighted by Gasteiger charge is 2.34. The first-order valence-electron chi connectivity index (χ1n) is 8.76. The number of pyridine rings is 1. The van der Waals surface area contributed by atoms with Crippen molar-refractivity contribution in [1.29, 1.82) is 0 Å². The Bertz CT molecular complexity index is 1220. The van der Waals surface area contributed by atoms with E-state index >= 15 is 0 Å². The van der Waals surface area contributed by atoms with Crippen molar-refractivity contribution >= 4 is 28.5 Å². The smallest absolute Gasteiger partial charge is 0.339 e. The predicted molar refractivity (Wildman–Crippen MR) is 102 cm³/mol. The van der Waals surface area contributed by atoms with Crippen molar-refractivity contribution in [2.24, 2.45) is 0 Å². The molecule has 0 bridgehead atoms. The van der Waals surface area contributed by atoms with Gasteiger partial charge in [0.25, 0.3) is 0 Å². The number of benzene rings is 2. The van der Waals surface area contributed by atoms with Gasteiger partial charge in [0.2, 0.25) is 0 Å². The van der Waals surface area contributed by atoms with Crippen LogP contribution >= 0.6 is 0 Å². The maximum Gasteiger partial charge on any atom is 0.433 e. The molecule has 30 heavy (non-hydrogen) atoms. The molecule has 0 aliphatic rings. The summed E-state index contributed by atoms with van der Waals surface area (Å²) in [6.07, 6.45) is -4.67. The van der Waals surface area contributed by atoms with Gasteiger partial charge in [-0.05, 0) is 48.5 Å². The maximum atomic E-state index is 13.1. The van der Waals surface area contributed by atoms with E-state index in [0.717, 1.165) is 22.5 Å². The van der Waals surface area contributed by atoms with Gasteiger partial charge in [-0.25, -0.2) is 9.78 Å². The average molecular weight is 413 g/mol. The quantitative estimate of drug-likeness (QED) is 0.506. The summed E-state index contributed by atoms with van der Waals surface area (Å²) in [5, 5.41) is 10.4. The van der Waals surface area contributed by atoms with E-state index in [-0.39, 0.29) is 11.4 Å². The fourth-order valence-corrected chi connectivity index (χ4v) is 2.69. The highest BCUT2D eigenvalue weighted by molar-refractivity contribution is 5.96. The molecule has 0 saturated carbocycles. The van der Waals surface area contributed by atoms with E-state index in [4.69, 9.17) is 4.84 Å². The number of hydrogen-bond acceptors (Lipinski definition) is 6. The molecule has 0 aliphatic carbocycles. The normalized spacial score (nSPS) is 11.5. The summed E-state index contributed by atoms with van der Waals surface area (Å²) in [5.41, 5.74) is 1.03. The van der Waals surface area contributed by atoms with Gasteiger partial charge < -0.3 is 10.2 Å². The van der Waals surface area contributed by atoms with Gasteiger partial charge in [-0.3, -0.25) is 0 Å². The van der Waals surface area contributed by atoms with Crippen molar-refractivity contribution in [3.8, 4) is 0 Å². The second-order valence-corrected chi connectivity index (χ2v) is 6.41. The SMILES string of the molecule is Cc1ccc(Nc2nc(C(F)(F)F)ccc2C(=O)On2nnc3ccccc32)cc1. The third-order valence-electron chi connectivity index (χ3n) is 4.21. The van der Waals surface area contributed by atoms with Crippen LogP contribution in [0.1, 0.15) is 21.6 Å². The molecule has 0 aliphatic heterocycles. The Morgan fingerprint density at radius 2 is 1.77 bits per heavy atom. The number of carbonyl (C=O) groups is 1. The molecule has 7 nitrogen and oxygen atoms in total. The highest BCUT2D eigenvalue weighted by Crippen LogP contribution is 2.30. The van der Waals surface area contributed by atoms with E-state index in [1.807, 2.05) is 6.92 Å². The lowest BCUT2D eigenvalue weighted by Gasteiger charge is -2.13. The van der Waals surface area contributed by atoms with Crippen LogP contribution in [0, 0.1) is 6.92 Å². The van der Waals surface area contributed by atoms with E-state index in [1.54, 1.807) is 48.5 Å². The van der Waals surface area contributed by atoms with Crippen molar-refractivity contribution in [1.82, 2.24) is 20.1 Å². The number of aryl methyl sites for hydroxylation is 1. The molecular weight excluding hydrogens is 399 g/mol. The summed E-state index contributed by atoms with van der Waals surface area (Å²) in [7, 11) is 0. The van der Waals surface area contributed by atoms with Crippen LogP contribution in [0.5, 0.6) is 0 Å². The van der Waals surface area contributed by atoms with E-state index in [0.29, 0.717) is 16.7 Å². The first kappa shape index (κ1) is 19.4. The molecule has 0 amide bonds. The standard InChI is InChI=1S/C20H14F3N5O2/c1-12-6-8-13(9-7-12)24-18-14(10-11-17(25-18)20(21,22)23)19(29)30-28-16-5-3-2-4-15(16)26-27-28/h2-11H,1H3,(H,24,25). The Morgan fingerprint density at radius 3 is 2.50 bits per heavy atom. The van der Waals surface area contributed by atoms with Crippen LogP contribution in [0.2, 0.25) is 0 Å². The van der Waals surface area contributed by atoms with Crippen LogP contribution in [0.3, 0.4) is 0 Å². The van der Waals surface area contributed by atoms with E-state index in [2.05, 4.69) is 20.6 Å². The Labute approximate surface area is 168 Å².